The lowest BCUT2D eigenvalue weighted by molar-refractivity contribution is 0.419. The van der Waals surface area contributed by atoms with E-state index in [9.17, 15) is 0 Å². The van der Waals surface area contributed by atoms with Crippen LogP contribution in [0.1, 0.15) is 18.4 Å². The molecule has 0 spiro atoms. The number of hydrogen-bond donors (Lipinski definition) is 0. The Labute approximate surface area is 87.5 Å². The highest BCUT2D eigenvalue weighted by atomic mass is 32.1. The summed E-state index contributed by atoms with van der Waals surface area (Å²) in [5.74, 6) is 0.876. The van der Waals surface area contributed by atoms with Gasteiger partial charge in [0.15, 0.2) is 0 Å². The number of rotatable bonds is 3. The molecule has 0 unspecified atom stereocenters. The van der Waals surface area contributed by atoms with Gasteiger partial charge in [-0.25, -0.2) is 4.98 Å². The number of aromatic nitrogens is 1. The van der Waals surface area contributed by atoms with Gasteiger partial charge >= 0.3 is 0 Å². The lowest BCUT2D eigenvalue weighted by Gasteiger charge is -1.97. The van der Waals surface area contributed by atoms with Crippen LogP contribution in [0.2, 0.25) is 0 Å². The van der Waals surface area contributed by atoms with Crippen LogP contribution in [0, 0.1) is 0 Å². The van der Waals surface area contributed by atoms with E-state index in [1.807, 2.05) is 12.1 Å². The zero-order valence-corrected chi connectivity index (χ0v) is 9.23. The molecule has 0 saturated carbocycles. The maximum Gasteiger partial charge on any atom is 0.145 e. The van der Waals surface area contributed by atoms with Gasteiger partial charge in [-0.15, -0.1) is 11.3 Å². The van der Waals surface area contributed by atoms with Gasteiger partial charge in [-0.1, -0.05) is 13.0 Å². The largest absolute Gasteiger partial charge is 0.494 e. The fourth-order valence-corrected chi connectivity index (χ4v) is 2.54. The number of benzene rings is 1. The van der Waals surface area contributed by atoms with Crippen LogP contribution in [0.5, 0.6) is 5.75 Å². The third kappa shape index (κ3) is 1.60. The van der Waals surface area contributed by atoms with Crippen LogP contribution >= 0.6 is 11.3 Å². The molecule has 0 saturated heterocycles. The third-order valence-electron chi connectivity index (χ3n) is 2.11. The molecule has 0 amide bonds. The maximum atomic E-state index is 5.26. The van der Waals surface area contributed by atoms with Crippen molar-refractivity contribution in [2.24, 2.45) is 0 Å². The molecule has 1 aromatic carbocycles. The second-order valence-electron chi connectivity index (χ2n) is 3.16. The van der Waals surface area contributed by atoms with E-state index in [-0.39, 0.29) is 0 Å². The molecular weight excluding hydrogens is 194 g/mol. The zero-order chi connectivity index (χ0) is 9.97. The topological polar surface area (TPSA) is 22.1 Å². The number of methoxy groups -OCH3 is 1. The molecule has 0 aliphatic heterocycles. The number of ether oxygens (including phenoxy) is 1. The van der Waals surface area contributed by atoms with Gasteiger partial charge in [0, 0.05) is 0 Å². The Hall–Kier alpha value is -1.09. The van der Waals surface area contributed by atoms with Gasteiger partial charge in [-0.2, -0.15) is 0 Å². The normalized spacial score (nSPS) is 10.7. The molecule has 74 valence electrons. The first-order chi connectivity index (χ1) is 6.85. The average Bonchev–Trinajstić information content (AvgIpc) is 2.60. The minimum atomic E-state index is 0.876. The fourth-order valence-electron chi connectivity index (χ4n) is 1.45. The predicted molar refractivity (Wildman–Crippen MR) is 60.2 cm³/mol. The number of para-hydroxylation sites is 1. The van der Waals surface area contributed by atoms with Gasteiger partial charge in [0.2, 0.25) is 0 Å². The van der Waals surface area contributed by atoms with Gasteiger partial charge in [-0.3, -0.25) is 0 Å². The Bertz CT molecular complexity index is 436. The monoisotopic (exact) mass is 207 g/mol. The van der Waals surface area contributed by atoms with Crippen LogP contribution in [0.4, 0.5) is 0 Å². The molecule has 2 aromatic rings. The van der Waals surface area contributed by atoms with E-state index in [1.54, 1.807) is 18.4 Å². The van der Waals surface area contributed by atoms with Gasteiger partial charge in [0.25, 0.3) is 0 Å². The number of thiazole rings is 1. The first-order valence-electron chi connectivity index (χ1n) is 4.77. The maximum absolute atomic E-state index is 5.26. The second-order valence-corrected chi connectivity index (χ2v) is 4.28. The lowest BCUT2D eigenvalue weighted by Crippen LogP contribution is -1.84. The molecule has 2 nitrogen and oxygen atoms in total. The van der Waals surface area contributed by atoms with Crippen molar-refractivity contribution in [3.8, 4) is 5.75 Å². The molecule has 0 atom stereocenters. The molecule has 0 radical (unpaired) electrons. The quantitative estimate of drug-likeness (QED) is 0.770. The summed E-state index contributed by atoms with van der Waals surface area (Å²) in [5.41, 5.74) is 1.00. The number of hydrogen-bond acceptors (Lipinski definition) is 3. The Morgan fingerprint density at radius 1 is 1.43 bits per heavy atom. The fraction of sp³-hybridized carbons (Fsp3) is 0.364. The van der Waals surface area contributed by atoms with E-state index < -0.39 is 0 Å². The molecule has 0 aliphatic rings. The van der Waals surface area contributed by atoms with Crippen LogP contribution in [0.15, 0.2) is 18.2 Å². The SMILES string of the molecule is CCCc1nc2c(OC)cccc2s1. The average molecular weight is 207 g/mol. The molecule has 0 aliphatic carbocycles. The van der Waals surface area contributed by atoms with Crippen molar-refractivity contribution in [2.45, 2.75) is 19.8 Å². The minimum Gasteiger partial charge on any atom is -0.494 e. The second kappa shape index (κ2) is 3.96. The van der Waals surface area contributed by atoms with Crippen molar-refractivity contribution in [2.75, 3.05) is 7.11 Å². The summed E-state index contributed by atoms with van der Waals surface area (Å²) in [7, 11) is 1.69. The summed E-state index contributed by atoms with van der Waals surface area (Å²) in [4.78, 5) is 4.57. The molecule has 1 heterocycles. The van der Waals surface area contributed by atoms with Crippen molar-refractivity contribution >= 4 is 21.6 Å². The van der Waals surface area contributed by atoms with Gasteiger partial charge in [-0.05, 0) is 25.0 Å². The first-order valence-corrected chi connectivity index (χ1v) is 5.59. The highest BCUT2D eigenvalue weighted by Crippen LogP contribution is 2.29. The number of aryl methyl sites for hydroxylation is 1. The molecule has 14 heavy (non-hydrogen) atoms. The van der Waals surface area contributed by atoms with E-state index in [4.69, 9.17) is 4.74 Å². The molecule has 1 aromatic heterocycles. The van der Waals surface area contributed by atoms with Crippen LogP contribution in [0.25, 0.3) is 10.2 Å². The Kier molecular flexibility index (Phi) is 2.68. The van der Waals surface area contributed by atoms with Crippen molar-refractivity contribution in [1.29, 1.82) is 0 Å². The highest BCUT2D eigenvalue weighted by molar-refractivity contribution is 7.18. The van der Waals surface area contributed by atoms with Crippen molar-refractivity contribution in [3.05, 3.63) is 23.2 Å². The molecule has 0 N–H and O–H groups in total. The number of nitrogens with zero attached hydrogens (tertiary/aromatic N) is 1. The molecular formula is C11H13NOS. The highest BCUT2D eigenvalue weighted by Gasteiger charge is 2.06. The van der Waals surface area contributed by atoms with Gasteiger partial charge < -0.3 is 4.74 Å². The van der Waals surface area contributed by atoms with Crippen molar-refractivity contribution in [3.63, 3.8) is 0 Å². The van der Waals surface area contributed by atoms with Crippen molar-refractivity contribution < 1.29 is 4.74 Å². The summed E-state index contributed by atoms with van der Waals surface area (Å²) < 4.78 is 6.48. The van der Waals surface area contributed by atoms with Crippen LogP contribution < -0.4 is 4.74 Å². The third-order valence-corrected chi connectivity index (χ3v) is 3.19. The Morgan fingerprint density at radius 3 is 3.00 bits per heavy atom. The summed E-state index contributed by atoms with van der Waals surface area (Å²) in [6.45, 7) is 2.17. The van der Waals surface area contributed by atoms with Gasteiger partial charge in [0.05, 0.1) is 16.8 Å². The van der Waals surface area contributed by atoms with E-state index in [0.29, 0.717) is 0 Å². The van der Waals surface area contributed by atoms with E-state index in [0.717, 1.165) is 24.1 Å². The minimum absolute atomic E-state index is 0.876. The summed E-state index contributed by atoms with van der Waals surface area (Å²) >= 11 is 1.76. The summed E-state index contributed by atoms with van der Waals surface area (Å²) in [6, 6.07) is 6.06. The Morgan fingerprint density at radius 2 is 2.29 bits per heavy atom. The zero-order valence-electron chi connectivity index (χ0n) is 8.41. The molecule has 3 heteroatoms. The van der Waals surface area contributed by atoms with Gasteiger partial charge in [0.1, 0.15) is 11.3 Å². The van der Waals surface area contributed by atoms with Crippen LogP contribution in [0.3, 0.4) is 0 Å². The molecule has 0 bridgehead atoms. The van der Waals surface area contributed by atoms with E-state index in [2.05, 4.69) is 18.0 Å². The van der Waals surface area contributed by atoms with Crippen LogP contribution in [-0.2, 0) is 6.42 Å². The standard InChI is InChI=1S/C11H13NOS/c1-3-5-10-12-11-8(13-2)6-4-7-9(11)14-10/h4,6-7H,3,5H2,1-2H3. The first kappa shape index (κ1) is 9.46. The number of fused-ring (bicyclic) bond motifs is 1. The smallest absolute Gasteiger partial charge is 0.145 e. The molecule has 0 fully saturated rings. The summed E-state index contributed by atoms with van der Waals surface area (Å²) in [6.07, 6.45) is 2.20. The van der Waals surface area contributed by atoms with Crippen molar-refractivity contribution in [1.82, 2.24) is 4.98 Å². The molecule has 2 rings (SSSR count). The van der Waals surface area contributed by atoms with Crippen LogP contribution in [-0.4, -0.2) is 12.1 Å². The Balaban J connectivity index is 2.52. The lowest BCUT2D eigenvalue weighted by atomic mass is 10.3. The van der Waals surface area contributed by atoms with E-state index in [1.165, 1.54) is 9.71 Å². The predicted octanol–water partition coefficient (Wildman–Crippen LogP) is 3.26. The van der Waals surface area contributed by atoms with E-state index >= 15 is 0 Å². The summed E-state index contributed by atoms with van der Waals surface area (Å²) in [5, 5.41) is 1.20.